The molecule has 170 valence electrons. The van der Waals surface area contributed by atoms with Crippen molar-refractivity contribution in [1.82, 2.24) is 20.1 Å². The summed E-state index contributed by atoms with van der Waals surface area (Å²) in [5, 5.41) is 14.5. The van der Waals surface area contributed by atoms with Gasteiger partial charge in [0.05, 0.1) is 0 Å². The van der Waals surface area contributed by atoms with Gasteiger partial charge in [-0.2, -0.15) is 4.98 Å². The van der Waals surface area contributed by atoms with Crippen LogP contribution in [0, 0.1) is 0 Å². The van der Waals surface area contributed by atoms with Crippen LogP contribution in [-0.4, -0.2) is 64.3 Å². The Morgan fingerprint density at radius 2 is 1.66 bits per heavy atom. The fourth-order valence-electron chi connectivity index (χ4n) is 4.89. The van der Waals surface area contributed by atoms with Crippen molar-refractivity contribution >= 4 is 29.0 Å². The van der Waals surface area contributed by atoms with Crippen molar-refractivity contribution in [2.24, 2.45) is 5.73 Å². The predicted octanol–water partition coefficient (Wildman–Crippen LogP) is 2.74. The molecule has 2 saturated carbocycles. The molecule has 1 saturated heterocycles. The third kappa shape index (κ3) is 4.62. The first-order valence-electron chi connectivity index (χ1n) is 11.8. The number of rotatable bonds is 7. The highest BCUT2D eigenvalue weighted by Crippen LogP contribution is 2.27. The van der Waals surface area contributed by atoms with Gasteiger partial charge in [-0.05, 0) is 56.4 Å². The van der Waals surface area contributed by atoms with Gasteiger partial charge in [-0.15, -0.1) is 10.2 Å². The van der Waals surface area contributed by atoms with E-state index in [0.717, 1.165) is 50.7 Å². The number of benzene rings is 1. The number of hydrogen-bond acceptors (Lipinski definition) is 8. The maximum Gasteiger partial charge on any atom is 0.273 e. The lowest BCUT2D eigenvalue weighted by molar-refractivity contribution is 0.0995. The summed E-state index contributed by atoms with van der Waals surface area (Å²) in [6.07, 6.45) is 8.81. The molecule has 5 rings (SSSR count). The minimum Gasteiger partial charge on any atom is -0.369 e. The lowest BCUT2D eigenvalue weighted by atomic mass is 9.93. The Labute approximate surface area is 188 Å². The van der Waals surface area contributed by atoms with Crippen molar-refractivity contribution in [3.05, 3.63) is 30.0 Å². The van der Waals surface area contributed by atoms with Crippen molar-refractivity contribution in [2.45, 2.75) is 57.0 Å². The summed E-state index contributed by atoms with van der Waals surface area (Å²) in [6.45, 7) is 4.43. The van der Waals surface area contributed by atoms with Crippen LogP contribution in [0.15, 0.2) is 24.3 Å². The molecule has 1 aromatic carbocycles. The highest BCUT2D eigenvalue weighted by molar-refractivity contribution is 5.95. The van der Waals surface area contributed by atoms with Crippen LogP contribution in [0.2, 0.25) is 0 Å². The second-order valence-corrected chi connectivity index (χ2v) is 9.10. The van der Waals surface area contributed by atoms with Gasteiger partial charge < -0.3 is 21.3 Å². The molecule has 32 heavy (non-hydrogen) atoms. The Balaban J connectivity index is 1.21. The van der Waals surface area contributed by atoms with Gasteiger partial charge in [0.15, 0.2) is 11.5 Å². The maximum atomic E-state index is 11.7. The normalized spacial score (nSPS) is 20.2. The van der Waals surface area contributed by atoms with Crippen LogP contribution in [0.1, 0.15) is 55.4 Å². The van der Waals surface area contributed by atoms with E-state index < -0.39 is 5.91 Å². The molecule has 0 atom stereocenters. The number of piperazine rings is 1. The summed E-state index contributed by atoms with van der Waals surface area (Å²) in [4.78, 5) is 21.3. The Morgan fingerprint density at radius 3 is 2.28 bits per heavy atom. The Bertz CT molecular complexity index is 932. The molecule has 2 aliphatic carbocycles. The van der Waals surface area contributed by atoms with Gasteiger partial charge in [-0.25, -0.2) is 0 Å². The number of carbonyl (C=O) groups excluding carboxylic acids is 1. The van der Waals surface area contributed by atoms with E-state index in [9.17, 15) is 4.79 Å². The zero-order chi connectivity index (χ0) is 21.9. The van der Waals surface area contributed by atoms with Crippen molar-refractivity contribution in [3.63, 3.8) is 0 Å². The molecule has 2 aromatic rings. The van der Waals surface area contributed by atoms with Crippen LogP contribution in [-0.2, 0) is 0 Å². The second-order valence-electron chi connectivity index (χ2n) is 9.10. The number of nitrogens with two attached hydrogens (primary N) is 1. The van der Waals surface area contributed by atoms with Gasteiger partial charge in [0.2, 0.25) is 5.95 Å². The number of nitrogens with zero attached hydrogens (tertiary/aromatic N) is 5. The summed E-state index contributed by atoms with van der Waals surface area (Å²) in [6, 6.07) is 9.44. The van der Waals surface area contributed by atoms with Crippen LogP contribution in [0.4, 0.5) is 23.1 Å². The highest BCUT2D eigenvalue weighted by Gasteiger charge is 2.26. The van der Waals surface area contributed by atoms with Crippen LogP contribution in [0.25, 0.3) is 0 Å². The summed E-state index contributed by atoms with van der Waals surface area (Å²) in [7, 11) is 0. The second kappa shape index (κ2) is 9.28. The summed E-state index contributed by atoms with van der Waals surface area (Å²) in [5.41, 5.74) is 7.62. The van der Waals surface area contributed by atoms with Crippen molar-refractivity contribution < 1.29 is 4.79 Å². The fourth-order valence-corrected chi connectivity index (χ4v) is 4.89. The third-order valence-electron chi connectivity index (χ3n) is 7.01. The Morgan fingerprint density at radius 1 is 0.938 bits per heavy atom. The van der Waals surface area contributed by atoms with E-state index in [4.69, 9.17) is 5.73 Å². The maximum absolute atomic E-state index is 11.7. The minimum atomic E-state index is -0.629. The van der Waals surface area contributed by atoms with Gasteiger partial charge in [0, 0.05) is 49.6 Å². The number of aromatic nitrogens is 3. The average Bonchev–Trinajstić information content (AvgIpc) is 3.32. The number of carbonyl (C=O) groups is 1. The molecule has 9 heteroatoms. The number of nitrogens with one attached hydrogen (secondary N) is 2. The SMILES string of the molecule is NC(=O)c1nnc(Nc2ccc(N3CCN(C4CCCC4)CC3)cc2)nc1NC1CCC1. The first-order chi connectivity index (χ1) is 15.7. The largest absolute Gasteiger partial charge is 0.369 e. The number of anilines is 4. The van der Waals surface area contributed by atoms with E-state index >= 15 is 0 Å². The minimum absolute atomic E-state index is 0.0783. The van der Waals surface area contributed by atoms with Crippen molar-refractivity contribution in [3.8, 4) is 0 Å². The summed E-state index contributed by atoms with van der Waals surface area (Å²) in [5.74, 6) is 0.113. The topological polar surface area (TPSA) is 112 Å². The molecule has 0 unspecified atom stereocenters. The van der Waals surface area contributed by atoms with E-state index in [1.807, 2.05) is 12.1 Å². The summed E-state index contributed by atoms with van der Waals surface area (Å²) < 4.78 is 0. The van der Waals surface area contributed by atoms with E-state index in [2.05, 4.69) is 47.7 Å². The lowest BCUT2D eigenvalue weighted by Crippen LogP contribution is -2.49. The monoisotopic (exact) mass is 436 g/mol. The molecule has 0 bridgehead atoms. The number of amides is 1. The van der Waals surface area contributed by atoms with Crippen LogP contribution >= 0.6 is 0 Å². The van der Waals surface area contributed by atoms with Gasteiger partial charge in [0.1, 0.15) is 0 Å². The molecule has 0 spiro atoms. The molecule has 1 aromatic heterocycles. The molecule has 1 amide bonds. The molecular weight excluding hydrogens is 404 g/mol. The molecule has 3 fully saturated rings. The third-order valence-corrected chi connectivity index (χ3v) is 7.01. The van der Waals surface area contributed by atoms with E-state index in [-0.39, 0.29) is 5.69 Å². The lowest BCUT2D eigenvalue weighted by Gasteiger charge is -2.39. The van der Waals surface area contributed by atoms with Gasteiger partial charge >= 0.3 is 0 Å². The van der Waals surface area contributed by atoms with E-state index in [0.29, 0.717) is 17.8 Å². The fraction of sp³-hybridized carbons (Fsp3) is 0.565. The van der Waals surface area contributed by atoms with Crippen LogP contribution in [0.5, 0.6) is 0 Å². The van der Waals surface area contributed by atoms with Gasteiger partial charge in [-0.3, -0.25) is 9.69 Å². The Hall–Kier alpha value is -2.94. The zero-order valence-corrected chi connectivity index (χ0v) is 18.5. The first-order valence-corrected chi connectivity index (χ1v) is 11.8. The van der Waals surface area contributed by atoms with Crippen LogP contribution < -0.4 is 21.3 Å². The van der Waals surface area contributed by atoms with Crippen molar-refractivity contribution in [1.29, 1.82) is 0 Å². The first kappa shape index (κ1) is 20.9. The standard InChI is InChI=1S/C23H32N8O/c24-21(32)20-22(25-16-4-3-5-16)27-23(29-28-20)26-17-8-10-19(11-9-17)31-14-12-30(13-15-31)18-6-1-2-7-18/h8-11,16,18H,1-7,12-15H2,(H2,24,32)(H2,25,26,27,29). The highest BCUT2D eigenvalue weighted by atomic mass is 16.1. The van der Waals surface area contributed by atoms with Crippen molar-refractivity contribution in [2.75, 3.05) is 41.7 Å². The van der Waals surface area contributed by atoms with E-state index in [1.54, 1.807) is 0 Å². The number of primary amides is 1. The Kier molecular flexibility index (Phi) is 6.07. The summed E-state index contributed by atoms with van der Waals surface area (Å²) >= 11 is 0. The van der Waals surface area contributed by atoms with Gasteiger partial charge in [0.25, 0.3) is 5.91 Å². The smallest absolute Gasteiger partial charge is 0.273 e. The van der Waals surface area contributed by atoms with Gasteiger partial charge in [-0.1, -0.05) is 12.8 Å². The quantitative estimate of drug-likeness (QED) is 0.607. The molecule has 9 nitrogen and oxygen atoms in total. The average molecular weight is 437 g/mol. The predicted molar refractivity (Wildman–Crippen MR) is 125 cm³/mol. The molecule has 2 heterocycles. The number of hydrogen-bond donors (Lipinski definition) is 3. The zero-order valence-electron chi connectivity index (χ0n) is 18.5. The molecular formula is C23H32N8O. The molecule has 4 N–H and O–H groups in total. The molecule has 3 aliphatic rings. The van der Waals surface area contributed by atoms with Crippen LogP contribution in [0.3, 0.4) is 0 Å². The molecule has 0 radical (unpaired) electrons. The molecule has 1 aliphatic heterocycles. The van der Waals surface area contributed by atoms with E-state index in [1.165, 1.54) is 37.8 Å².